The second-order valence-electron chi connectivity index (χ2n) is 14.6. The minimum Gasteiger partial charge on any atom is -0.462 e. The molecule has 0 aromatic rings. The quantitative estimate of drug-likeness (QED) is 0.0269. The molecule has 312 valence electrons. The van der Waals surface area contributed by atoms with E-state index in [0.717, 1.165) is 44.9 Å². The van der Waals surface area contributed by atoms with E-state index in [1.807, 2.05) is 0 Å². The SMILES string of the molecule is CCCCCCCC/C=C/CCCCCCCCCCCC(=O)O[C@H](COC(=O)CCCCC/C=C/CCCCCCCC)COP(=O)(O)OCCN. The lowest BCUT2D eigenvalue weighted by atomic mass is 10.1. The average Bonchev–Trinajstić information content (AvgIpc) is 3.14. The minimum atomic E-state index is -4.38. The standard InChI is InChI=1S/C43H82NO8P/c1-3-5-7-9-11-13-15-17-18-19-20-21-22-24-26-28-30-32-34-36-43(46)52-41(40-51-53(47,48)50-38-37-44)39-49-42(45)35-33-31-29-27-25-23-16-14-12-10-8-6-4-2/h17-18,23,25,41H,3-16,19-22,24,26-40,44H2,1-2H3,(H,47,48)/b18-17+,25-23+/t41-/m1/s1. The van der Waals surface area contributed by atoms with Crippen LogP contribution in [0.3, 0.4) is 0 Å². The Morgan fingerprint density at radius 1 is 0.547 bits per heavy atom. The van der Waals surface area contributed by atoms with Crippen LogP contribution in [0.5, 0.6) is 0 Å². The van der Waals surface area contributed by atoms with Gasteiger partial charge >= 0.3 is 19.8 Å². The molecule has 9 nitrogen and oxygen atoms in total. The fourth-order valence-corrected chi connectivity index (χ4v) is 6.80. The van der Waals surface area contributed by atoms with E-state index in [2.05, 4.69) is 38.2 Å². The fourth-order valence-electron chi connectivity index (χ4n) is 6.04. The van der Waals surface area contributed by atoms with E-state index in [4.69, 9.17) is 24.3 Å². The van der Waals surface area contributed by atoms with Crippen LogP contribution >= 0.6 is 7.82 Å². The van der Waals surface area contributed by atoms with E-state index in [0.29, 0.717) is 12.8 Å². The summed E-state index contributed by atoms with van der Waals surface area (Å²) in [6.07, 6.45) is 42.1. The Labute approximate surface area is 325 Å². The summed E-state index contributed by atoms with van der Waals surface area (Å²) in [5, 5.41) is 0. The third kappa shape index (κ3) is 40.0. The van der Waals surface area contributed by atoms with Crippen molar-refractivity contribution >= 4 is 19.8 Å². The Balaban J connectivity index is 4.14. The summed E-state index contributed by atoms with van der Waals surface area (Å²) in [7, 11) is -4.38. The first-order valence-electron chi connectivity index (χ1n) is 21.8. The third-order valence-corrected chi connectivity index (χ3v) is 10.3. The van der Waals surface area contributed by atoms with Crippen molar-refractivity contribution < 1.29 is 37.6 Å². The van der Waals surface area contributed by atoms with Crippen molar-refractivity contribution in [2.24, 2.45) is 5.73 Å². The number of phosphoric ester groups is 1. The first-order chi connectivity index (χ1) is 25.8. The Morgan fingerprint density at radius 2 is 0.925 bits per heavy atom. The molecule has 53 heavy (non-hydrogen) atoms. The first kappa shape index (κ1) is 51.5. The zero-order chi connectivity index (χ0) is 38.9. The summed E-state index contributed by atoms with van der Waals surface area (Å²) in [5.41, 5.74) is 5.34. The molecule has 0 aliphatic rings. The van der Waals surface area contributed by atoms with Gasteiger partial charge in [-0.25, -0.2) is 4.57 Å². The molecule has 0 heterocycles. The highest BCUT2D eigenvalue weighted by Crippen LogP contribution is 2.43. The van der Waals surface area contributed by atoms with Gasteiger partial charge in [-0.3, -0.25) is 18.6 Å². The number of esters is 2. The van der Waals surface area contributed by atoms with Crippen LogP contribution in [0.2, 0.25) is 0 Å². The van der Waals surface area contributed by atoms with Gasteiger partial charge < -0.3 is 20.1 Å². The molecule has 0 bridgehead atoms. The lowest BCUT2D eigenvalue weighted by Gasteiger charge is -2.19. The molecule has 0 aromatic heterocycles. The first-order valence-corrected chi connectivity index (χ1v) is 23.3. The number of nitrogens with two attached hydrogens (primary N) is 1. The molecule has 0 aliphatic carbocycles. The number of phosphoric acid groups is 1. The van der Waals surface area contributed by atoms with E-state index in [1.165, 1.54) is 122 Å². The van der Waals surface area contributed by atoms with Crippen LogP contribution in [0.15, 0.2) is 24.3 Å². The lowest BCUT2D eigenvalue weighted by Crippen LogP contribution is -2.29. The molecule has 0 amide bonds. The summed E-state index contributed by atoms with van der Waals surface area (Å²) >= 11 is 0. The molecule has 2 atom stereocenters. The van der Waals surface area contributed by atoms with Crippen LogP contribution < -0.4 is 5.73 Å². The summed E-state index contributed by atoms with van der Waals surface area (Å²) in [6, 6.07) is 0. The zero-order valence-corrected chi connectivity index (χ0v) is 35.2. The van der Waals surface area contributed by atoms with Gasteiger partial charge in [0.2, 0.25) is 0 Å². The van der Waals surface area contributed by atoms with Gasteiger partial charge in [0.05, 0.1) is 13.2 Å². The predicted molar refractivity (Wildman–Crippen MR) is 220 cm³/mol. The van der Waals surface area contributed by atoms with Gasteiger partial charge in [0.15, 0.2) is 6.10 Å². The van der Waals surface area contributed by atoms with Gasteiger partial charge in [0.25, 0.3) is 0 Å². The monoisotopic (exact) mass is 772 g/mol. The number of rotatable bonds is 41. The van der Waals surface area contributed by atoms with Crippen LogP contribution in [0.4, 0.5) is 0 Å². The number of allylic oxidation sites excluding steroid dienone is 4. The van der Waals surface area contributed by atoms with Gasteiger partial charge in [0, 0.05) is 19.4 Å². The third-order valence-electron chi connectivity index (χ3n) is 9.31. The van der Waals surface area contributed by atoms with Crippen molar-refractivity contribution in [2.75, 3.05) is 26.4 Å². The van der Waals surface area contributed by atoms with Crippen molar-refractivity contribution in [1.29, 1.82) is 0 Å². The molecule has 3 N–H and O–H groups in total. The van der Waals surface area contributed by atoms with Gasteiger partial charge in [-0.05, 0) is 64.2 Å². The molecular formula is C43H82NO8P. The largest absolute Gasteiger partial charge is 0.472 e. The van der Waals surface area contributed by atoms with Crippen LogP contribution in [-0.2, 0) is 32.7 Å². The van der Waals surface area contributed by atoms with Gasteiger partial charge in [-0.1, -0.05) is 154 Å². The van der Waals surface area contributed by atoms with Gasteiger partial charge in [0.1, 0.15) is 6.61 Å². The van der Waals surface area contributed by atoms with Crippen LogP contribution in [0.25, 0.3) is 0 Å². The number of hydrogen-bond donors (Lipinski definition) is 2. The number of carbonyl (C=O) groups excluding carboxylic acids is 2. The smallest absolute Gasteiger partial charge is 0.462 e. The van der Waals surface area contributed by atoms with Crippen LogP contribution in [0, 0.1) is 0 Å². The molecule has 0 aromatic carbocycles. The van der Waals surface area contributed by atoms with E-state index in [-0.39, 0.29) is 32.6 Å². The molecule has 0 fully saturated rings. The van der Waals surface area contributed by atoms with E-state index >= 15 is 0 Å². The molecule has 10 heteroatoms. The molecule has 0 spiro atoms. The Kier molecular flexibility index (Phi) is 39.0. The Bertz CT molecular complexity index is 928. The lowest BCUT2D eigenvalue weighted by molar-refractivity contribution is -0.161. The number of ether oxygens (including phenoxy) is 2. The van der Waals surface area contributed by atoms with Crippen molar-refractivity contribution in [3.8, 4) is 0 Å². The molecule has 0 radical (unpaired) electrons. The van der Waals surface area contributed by atoms with Crippen LogP contribution in [0.1, 0.15) is 206 Å². The normalized spacial score (nSPS) is 13.5. The molecular weight excluding hydrogens is 689 g/mol. The molecule has 1 unspecified atom stereocenters. The van der Waals surface area contributed by atoms with E-state index in [1.54, 1.807) is 0 Å². The summed E-state index contributed by atoms with van der Waals surface area (Å²) in [5.74, 6) is -0.845. The highest BCUT2D eigenvalue weighted by Gasteiger charge is 2.26. The van der Waals surface area contributed by atoms with Crippen molar-refractivity contribution in [1.82, 2.24) is 0 Å². The van der Waals surface area contributed by atoms with Crippen LogP contribution in [-0.4, -0.2) is 49.3 Å². The number of unbranched alkanes of at least 4 members (excludes halogenated alkanes) is 24. The highest BCUT2D eigenvalue weighted by atomic mass is 31.2. The highest BCUT2D eigenvalue weighted by molar-refractivity contribution is 7.47. The molecule has 0 saturated heterocycles. The predicted octanol–water partition coefficient (Wildman–Crippen LogP) is 12.4. The van der Waals surface area contributed by atoms with Crippen molar-refractivity contribution in [3.05, 3.63) is 24.3 Å². The Morgan fingerprint density at radius 3 is 1.36 bits per heavy atom. The number of hydrogen-bond acceptors (Lipinski definition) is 8. The average molecular weight is 772 g/mol. The Hall–Kier alpha value is -1.51. The maximum atomic E-state index is 12.6. The van der Waals surface area contributed by atoms with Crippen molar-refractivity contribution in [2.45, 2.75) is 213 Å². The maximum absolute atomic E-state index is 12.6. The topological polar surface area (TPSA) is 134 Å². The summed E-state index contributed by atoms with van der Waals surface area (Å²) in [6.45, 7) is 3.71. The van der Waals surface area contributed by atoms with E-state index in [9.17, 15) is 19.0 Å². The van der Waals surface area contributed by atoms with E-state index < -0.39 is 32.5 Å². The summed E-state index contributed by atoms with van der Waals surface area (Å²) in [4.78, 5) is 34.8. The molecule has 0 aliphatic heterocycles. The number of carbonyl (C=O) groups is 2. The molecule has 0 saturated carbocycles. The molecule has 0 rings (SSSR count). The van der Waals surface area contributed by atoms with Gasteiger partial charge in [-0.15, -0.1) is 0 Å². The zero-order valence-electron chi connectivity index (χ0n) is 34.3. The van der Waals surface area contributed by atoms with Gasteiger partial charge in [-0.2, -0.15) is 0 Å². The summed E-state index contributed by atoms with van der Waals surface area (Å²) < 4.78 is 32.7. The second-order valence-corrected chi connectivity index (χ2v) is 16.0. The van der Waals surface area contributed by atoms with Crippen molar-refractivity contribution in [3.63, 3.8) is 0 Å². The maximum Gasteiger partial charge on any atom is 0.472 e. The fraction of sp³-hybridized carbons (Fsp3) is 0.860. The minimum absolute atomic E-state index is 0.0523. The second kappa shape index (κ2) is 40.2.